The molecule has 41 heavy (non-hydrogen) atoms. The van der Waals surface area contributed by atoms with Crippen LogP contribution in [0.2, 0.25) is 0 Å². The molecule has 0 unspecified atom stereocenters. The molecular formula is C32H37N3O6. The molecule has 2 aromatic carbocycles. The van der Waals surface area contributed by atoms with Gasteiger partial charge in [0.1, 0.15) is 11.4 Å². The summed E-state index contributed by atoms with van der Waals surface area (Å²) < 4.78 is 1.87. The molecule has 0 fully saturated rings. The second-order valence-electron chi connectivity index (χ2n) is 9.79. The van der Waals surface area contributed by atoms with Gasteiger partial charge < -0.3 is 14.2 Å². The number of fused-ring (bicyclic) bond motifs is 1. The zero-order valence-corrected chi connectivity index (χ0v) is 24.1. The van der Waals surface area contributed by atoms with Gasteiger partial charge in [0.25, 0.3) is 0 Å². The molecule has 9 heteroatoms. The smallest absolute Gasteiger partial charge is 0.318 e. The highest BCUT2D eigenvalue weighted by atomic mass is 16.7. The average molecular weight is 560 g/mol. The molecular weight excluding hydrogens is 522 g/mol. The van der Waals surface area contributed by atoms with E-state index in [1.807, 2.05) is 41.8 Å². The molecule has 0 aliphatic heterocycles. The van der Waals surface area contributed by atoms with Crippen LogP contribution in [0.4, 0.5) is 0 Å². The lowest BCUT2D eigenvalue weighted by molar-refractivity contribution is -0.141. The summed E-state index contributed by atoms with van der Waals surface area (Å²) in [6, 6.07) is 14.6. The van der Waals surface area contributed by atoms with Crippen molar-refractivity contribution in [3.8, 4) is 5.69 Å². The highest BCUT2D eigenvalue weighted by Gasteiger charge is 2.24. The van der Waals surface area contributed by atoms with Crippen molar-refractivity contribution < 1.29 is 28.9 Å². The van der Waals surface area contributed by atoms with Crippen molar-refractivity contribution in [2.75, 3.05) is 0 Å². The molecule has 0 aliphatic rings. The monoisotopic (exact) mass is 559 g/mol. The van der Waals surface area contributed by atoms with Crippen LogP contribution >= 0.6 is 0 Å². The minimum absolute atomic E-state index is 0.124. The van der Waals surface area contributed by atoms with E-state index in [-0.39, 0.29) is 17.2 Å². The van der Waals surface area contributed by atoms with Gasteiger partial charge in [-0.3, -0.25) is 9.59 Å². The van der Waals surface area contributed by atoms with E-state index >= 15 is 0 Å². The van der Waals surface area contributed by atoms with Crippen molar-refractivity contribution in [1.82, 2.24) is 4.57 Å². The summed E-state index contributed by atoms with van der Waals surface area (Å²) in [7, 11) is 0. The van der Waals surface area contributed by atoms with Gasteiger partial charge in [-0.1, -0.05) is 68.0 Å². The number of benzene rings is 2. The minimum Gasteiger partial charge on any atom is -0.318 e. The highest BCUT2D eigenvalue weighted by Crippen LogP contribution is 2.28. The fraction of sp³-hybridized carbons (Fsp3) is 0.375. The Balaban J connectivity index is 2.13. The summed E-state index contributed by atoms with van der Waals surface area (Å²) in [5, 5.41) is 8.28. The zero-order chi connectivity index (χ0) is 29.8. The Labute approximate surface area is 240 Å². The van der Waals surface area contributed by atoms with Gasteiger partial charge in [-0.25, -0.2) is 9.59 Å². The first-order valence-corrected chi connectivity index (χ1v) is 14.1. The lowest BCUT2D eigenvalue weighted by atomic mass is 9.97. The van der Waals surface area contributed by atoms with Crippen LogP contribution in [-0.2, 0) is 19.3 Å². The number of oxime groups is 2. The third-order valence-corrected chi connectivity index (χ3v) is 6.47. The van der Waals surface area contributed by atoms with E-state index in [0.29, 0.717) is 41.3 Å². The molecule has 0 N–H and O–H groups in total. The maximum atomic E-state index is 13.8. The van der Waals surface area contributed by atoms with E-state index < -0.39 is 17.7 Å². The zero-order valence-electron chi connectivity index (χ0n) is 24.1. The number of Topliss-reactive ketones (excluding diaryl/α,β-unsaturated/α-hetero) is 2. The van der Waals surface area contributed by atoms with Crippen molar-refractivity contribution in [2.45, 2.75) is 79.1 Å². The number of rotatable bonds is 15. The second kappa shape index (κ2) is 15.4. The number of carbonyl (C=O) groups is 4. The maximum Gasteiger partial charge on any atom is 0.331 e. The van der Waals surface area contributed by atoms with Crippen LogP contribution in [0.5, 0.6) is 0 Å². The van der Waals surface area contributed by atoms with Gasteiger partial charge >= 0.3 is 11.9 Å². The molecule has 0 saturated carbocycles. The second-order valence-corrected chi connectivity index (χ2v) is 9.79. The quantitative estimate of drug-likeness (QED) is 0.0651. The van der Waals surface area contributed by atoms with Crippen LogP contribution < -0.4 is 0 Å². The van der Waals surface area contributed by atoms with Gasteiger partial charge in [0.15, 0.2) is 0 Å². The number of nitrogens with zero attached hydrogens (tertiary/aromatic N) is 3. The molecule has 0 atom stereocenters. The fourth-order valence-electron chi connectivity index (χ4n) is 4.38. The van der Waals surface area contributed by atoms with Crippen molar-refractivity contribution in [2.24, 2.45) is 10.3 Å². The Morgan fingerprint density at radius 1 is 0.732 bits per heavy atom. The first kappa shape index (κ1) is 31.1. The molecule has 0 bridgehead atoms. The third kappa shape index (κ3) is 8.54. The predicted molar refractivity (Wildman–Crippen MR) is 159 cm³/mol. The molecule has 3 rings (SSSR count). The lowest BCUT2D eigenvalue weighted by Gasteiger charge is -2.08. The van der Waals surface area contributed by atoms with Crippen LogP contribution in [0.15, 0.2) is 65.0 Å². The molecule has 0 aliphatic carbocycles. The van der Waals surface area contributed by atoms with E-state index in [4.69, 9.17) is 9.68 Å². The normalized spacial score (nSPS) is 11.9. The fourth-order valence-corrected chi connectivity index (χ4v) is 4.38. The van der Waals surface area contributed by atoms with E-state index in [1.54, 1.807) is 24.4 Å². The van der Waals surface area contributed by atoms with E-state index in [2.05, 4.69) is 17.2 Å². The summed E-state index contributed by atoms with van der Waals surface area (Å²) in [6.45, 7) is 6.54. The van der Waals surface area contributed by atoms with Crippen LogP contribution in [0, 0.1) is 0 Å². The van der Waals surface area contributed by atoms with Crippen LogP contribution in [0.1, 0.15) is 99.8 Å². The Morgan fingerprint density at radius 2 is 1.34 bits per heavy atom. The topological polar surface area (TPSA) is 116 Å². The number of hydrogen-bond donors (Lipinski definition) is 0. The SMILES string of the molecule is CCCCCC/C(=N\OC(C)=O)C(=O)c1ccc2c(c1)c(C(=O)/C(CCCC)=N/OC(C)=O)cn2-c1ccccc1. The number of unbranched alkanes of at least 4 members (excludes halogenated alkanes) is 4. The summed E-state index contributed by atoms with van der Waals surface area (Å²) >= 11 is 0. The van der Waals surface area contributed by atoms with Gasteiger partial charge in [-0.05, 0) is 56.0 Å². The van der Waals surface area contributed by atoms with Crippen molar-refractivity contribution in [3.63, 3.8) is 0 Å². The average Bonchev–Trinajstić information content (AvgIpc) is 3.35. The molecule has 9 nitrogen and oxygen atoms in total. The van der Waals surface area contributed by atoms with Crippen LogP contribution in [0.25, 0.3) is 16.6 Å². The Morgan fingerprint density at radius 3 is 1.95 bits per heavy atom. The highest BCUT2D eigenvalue weighted by molar-refractivity contribution is 6.48. The standard InChI is InChI=1S/C32H37N3O6/c1-5-7-9-13-17-28(33-40-22(3)36)31(38)24-18-19-30-26(20-24)27(21-35(30)25-14-11-10-12-15-25)32(39)29(16-8-6-2)34-41-23(4)37/h10-12,14-15,18-21H,5-9,13,16-17H2,1-4H3/b33-28+,34-29+. The molecule has 216 valence electrons. The first-order chi connectivity index (χ1) is 19.8. The summed E-state index contributed by atoms with van der Waals surface area (Å²) in [5.74, 6) is -2.00. The summed E-state index contributed by atoms with van der Waals surface area (Å²) in [5.41, 5.74) is 2.44. The third-order valence-electron chi connectivity index (χ3n) is 6.47. The van der Waals surface area contributed by atoms with E-state index in [9.17, 15) is 19.2 Å². The van der Waals surface area contributed by atoms with Crippen LogP contribution in [0.3, 0.4) is 0 Å². The molecule has 1 aromatic heterocycles. The minimum atomic E-state index is -0.620. The first-order valence-electron chi connectivity index (χ1n) is 14.1. The Bertz CT molecular complexity index is 1450. The van der Waals surface area contributed by atoms with Crippen molar-refractivity contribution in [1.29, 1.82) is 0 Å². The number of aromatic nitrogens is 1. The number of para-hydroxylation sites is 1. The molecule has 1 heterocycles. The van der Waals surface area contributed by atoms with Gasteiger partial charge in [0, 0.05) is 42.2 Å². The molecule has 0 amide bonds. The Hall–Kier alpha value is -4.40. The van der Waals surface area contributed by atoms with Gasteiger partial charge in [-0.2, -0.15) is 0 Å². The summed E-state index contributed by atoms with van der Waals surface area (Å²) in [4.78, 5) is 60.0. The van der Waals surface area contributed by atoms with Gasteiger partial charge in [0.2, 0.25) is 11.6 Å². The molecule has 0 saturated heterocycles. The van der Waals surface area contributed by atoms with Gasteiger partial charge in [0.05, 0.1) is 5.52 Å². The molecule has 0 spiro atoms. The van der Waals surface area contributed by atoms with E-state index in [0.717, 1.165) is 37.8 Å². The molecule has 0 radical (unpaired) electrons. The lowest BCUT2D eigenvalue weighted by Crippen LogP contribution is -2.17. The number of carbonyl (C=O) groups excluding carboxylic acids is 4. The summed E-state index contributed by atoms with van der Waals surface area (Å²) in [6.07, 6.45) is 7.61. The van der Waals surface area contributed by atoms with Crippen LogP contribution in [-0.4, -0.2) is 39.5 Å². The predicted octanol–water partition coefficient (Wildman–Crippen LogP) is 6.99. The number of hydrogen-bond acceptors (Lipinski definition) is 8. The number of ketones is 2. The largest absolute Gasteiger partial charge is 0.331 e. The van der Waals surface area contributed by atoms with Gasteiger partial charge in [-0.15, -0.1) is 0 Å². The van der Waals surface area contributed by atoms with Crippen molar-refractivity contribution >= 4 is 45.8 Å². The van der Waals surface area contributed by atoms with E-state index in [1.165, 1.54) is 13.8 Å². The Kier molecular flexibility index (Phi) is 11.7. The van der Waals surface area contributed by atoms with Crippen molar-refractivity contribution in [3.05, 3.63) is 65.9 Å². The maximum absolute atomic E-state index is 13.8. The molecule has 3 aromatic rings.